The van der Waals surface area contributed by atoms with Crippen molar-refractivity contribution in [3.05, 3.63) is 52.9 Å². The van der Waals surface area contributed by atoms with E-state index in [1.54, 1.807) is 18.2 Å². The van der Waals surface area contributed by atoms with E-state index in [9.17, 15) is 9.59 Å². The van der Waals surface area contributed by atoms with Gasteiger partial charge in [0.1, 0.15) is 10.9 Å². The second kappa shape index (κ2) is 3.82. The molecule has 0 aliphatic carbocycles. The summed E-state index contributed by atoms with van der Waals surface area (Å²) in [7, 11) is 0. The van der Waals surface area contributed by atoms with Gasteiger partial charge in [-0.1, -0.05) is 30.3 Å². The summed E-state index contributed by atoms with van der Waals surface area (Å²) < 4.78 is 0. The molecule has 3 nitrogen and oxygen atoms in total. The molecule has 84 valence electrons. The van der Waals surface area contributed by atoms with Crippen LogP contribution >= 0.6 is 11.3 Å². The Bertz CT molecular complexity index is 588. The van der Waals surface area contributed by atoms with Crippen molar-refractivity contribution in [3.63, 3.8) is 0 Å². The topological polar surface area (TPSA) is 46.2 Å². The molecule has 1 N–H and O–H groups in total. The van der Waals surface area contributed by atoms with Gasteiger partial charge in [0.2, 0.25) is 5.91 Å². The zero-order chi connectivity index (χ0) is 11.8. The molecule has 1 aromatic carbocycles. The molecular formula is C13H9NO2S. The van der Waals surface area contributed by atoms with Crippen molar-refractivity contribution < 1.29 is 9.59 Å². The first-order valence-electron chi connectivity index (χ1n) is 5.25. The molecule has 0 radical (unpaired) electrons. The molecule has 1 unspecified atom stereocenters. The van der Waals surface area contributed by atoms with Crippen molar-refractivity contribution in [2.24, 2.45) is 0 Å². The zero-order valence-electron chi connectivity index (χ0n) is 8.84. The summed E-state index contributed by atoms with van der Waals surface area (Å²) in [4.78, 5) is 24.2. The van der Waals surface area contributed by atoms with Crippen molar-refractivity contribution in [2.45, 2.75) is 5.92 Å². The van der Waals surface area contributed by atoms with E-state index in [0.717, 1.165) is 5.56 Å². The number of fused-ring (bicyclic) bond motifs is 1. The fourth-order valence-corrected chi connectivity index (χ4v) is 2.80. The average Bonchev–Trinajstić information content (AvgIpc) is 2.78. The summed E-state index contributed by atoms with van der Waals surface area (Å²) in [6.45, 7) is 0. The van der Waals surface area contributed by atoms with Crippen LogP contribution in [-0.4, -0.2) is 11.7 Å². The highest BCUT2D eigenvalue weighted by molar-refractivity contribution is 7.15. The van der Waals surface area contributed by atoms with Gasteiger partial charge in [0.15, 0.2) is 5.78 Å². The van der Waals surface area contributed by atoms with E-state index in [1.165, 1.54) is 11.3 Å². The number of hydrogen-bond donors (Lipinski definition) is 1. The Morgan fingerprint density at radius 1 is 1.06 bits per heavy atom. The summed E-state index contributed by atoms with van der Waals surface area (Å²) >= 11 is 1.38. The van der Waals surface area contributed by atoms with Crippen LogP contribution in [0.4, 0.5) is 5.00 Å². The number of amides is 1. The molecule has 0 saturated carbocycles. The third-order valence-corrected chi connectivity index (χ3v) is 3.65. The molecule has 0 spiro atoms. The molecule has 1 aromatic heterocycles. The monoisotopic (exact) mass is 243 g/mol. The number of hydrogen-bond acceptors (Lipinski definition) is 3. The molecule has 2 heterocycles. The van der Waals surface area contributed by atoms with Crippen LogP contribution in [0, 0.1) is 0 Å². The number of carbonyl (C=O) groups is 2. The molecule has 2 aromatic rings. The molecule has 1 atom stereocenters. The fourth-order valence-electron chi connectivity index (χ4n) is 2.01. The van der Waals surface area contributed by atoms with E-state index in [-0.39, 0.29) is 11.7 Å². The maximum absolute atomic E-state index is 12.2. The second-order valence-corrected chi connectivity index (χ2v) is 4.78. The van der Waals surface area contributed by atoms with Gasteiger partial charge in [-0.2, -0.15) is 0 Å². The minimum Gasteiger partial charge on any atom is -0.316 e. The van der Waals surface area contributed by atoms with Crippen LogP contribution in [0.3, 0.4) is 0 Å². The van der Waals surface area contributed by atoms with Crippen LogP contribution in [-0.2, 0) is 4.79 Å². The van der Waals surface area contributed by atoms with E-state index >= 15 is 0 Å². The van der Waals surface area contributed by atoms with Crippen molar-refractivity contribution in [1.82, 2.24) is 0 Å². The zero-order valence-corrected chi connectivity index (χ0v) is 9.66. The fraction of sp³-hybridized carbons (Fsp3) is 0.0769. The van der Waals surface area contributed by atoms with Crippen molar-refractivity contribution in [2.75, 3.05) is 5.32 Å². The normalized spacial score (nSPS) is 18.7. The number of thiophene rings is 1. The number of rotatable bonds is 1. The van der Waals surface area contributed by atoms with E-state index in [0.29, 0.717) is 10.6 Å². The summed E-state index contributed by atoms with van der Waals surface area (Å²) in [6, 6.07) is 10.9. The maximum atomic E-state index is 12.2. The Kier molecular flexibility index (Phi) is 2.30. The van der Waals surface area contributed by atoms with Gasteiger partial charge in [0.05, 0.1) is 5.56 Å². The van der Waals surface area contributed by atoms with Crippen molar-refractivity contribution >= 4 is 28.0 Å². The largest absolute Gasteiger partial charge is 0.316 e. The Morgan fingerprint density at radius 2 is 1.82 bits per heavy atom. The molecule has 17 heavy (non-hydrogen) atoms. The highest BCUT2D eigenvalue weighted by Crippen LogP contribution is 2.34. The highest BCUT2D eigenvalue weighted by Gasteiger charge is 2.35. The number of carbonyl (C=O) groups excluding carboxylic acids is 2. The predicted molar refractivity (Wildman–Crippen MR) is 66.5 cm³/mol. The van der Waals surface area contributed by atoms with Gasteiger partial charge in [-0.05, 0) is 17.0 Å². The quantitative estimate of drug-likeness (QED) is 0.783. The smallest absolute Gasteiger partial charge is 0.240 e. The molecule has 3 rings (SSSR count). The van der Waals surface area contributed by atoms with E-state index in [1.807, 2.05) is 23.6 Å². The molecule has 0 bridgehead atoms. The van der Waals surface area contributed by atoms with E-state index in [4.69, 9.17) is 0 Å². The Balaban J connectivity index is 2.08. The lowest BCUT2D eigenvalue weighted by atomic mass is 9.88. The number of ketones is 1. The van der Waals surface area contributed by atoms with Crippen LogP contribution < -0.4 is 5.32 Å². The second-order valence-electron chi connectivity index (χ2n) is 3.86. The minimum absolute atomic E-state index is 0.115. The van der Waals surface area contributed by atoms with Crippen LogP contribution in [0.5, 0.6) is 0 Å². The molecule has 0 fully saturated rings. The van der Waals surface area contributed by atoms with E-state index in [2.05, 4.69) is 5.32 Å². The molecule has 1 aliphatic rings. The predicted octanol–water partition coefficient (Wildman–Crippen LogP) is 2.67. The third kappa shape index (κ3) is 1.57. The van der Waals surface area contributed by atoms with Gasteiger partial charge in [-0.3, -0.25) is 9.59 Å². The minimum atomic E-state index is -0.710. The lowest BCUT2D eigenvalue weighted by molar-refractivity contribution is -0.116. The van der Waals surface area contributed by atoms with Crippen molar-refractivity contribution in [1.29, 1.82) is 0 Å². The van der Waals surface area contributed by atoms with Gasteiger partial charge in [0, 0.05) is 0 Å². The van der Waals surface area contributed by atoms with Gasteiger partial charge in [0.25, 0.3) is 0 Å². The standard InChI is InChI=1S/C13H9NO2S/c15-11-9-6-7-17-13(9)14-12(16)10(11)8-4-2-1-3-5-8/h1-7,10H,(H,14,16). The number of anilines is 1. The van der Waals surface area contributed by atoms with Gasteiger partial charge in [-0.15, -0.1) is 11.3 Å². The number of nitrogens with one attached hydrogen (secondary N) is 1. The lowest BCUT2D eigenvalue weighted by Gasteiger charge is -2.20. The summed E-state index contributed by atoms with van der Waals surface area (Å²) in [6.07, 6.45) is 0. The Morgan fingerprint density at radius 3 is 2.59 bits per heavy atom. The first kappa shape index (κ1) is 10.2. The SMILES string of the molecule is O=C1Nc2sccc2C(=O)C1c1ccccc1. The number of Topliss-reactive ketones (excluding diaryl/α,β-unsaturated/α-hetero) is 1. The maximum Gasteiger partial charge on any atom is 0.240 e. The Labute approximate surface area is 102 Å². The molecular weight excluding hydrogens is 234 g/mol. The summed E-state index contributed by atoms with van der Waals surface area (Å²) in [5.74, 6) is -1.06. The first-order chi connectivity index (χ1) is 8.27. The number of benzene rings is 1. The van der Waals surface area contributed by atoms with Crippen LogP contribution in [0.2, 0.25) is 0 Å². The van der Waals surface area contributed by atoms with Gasteiger partial charge >= 0.3 is 0 Å². The average molecular weight is 243 g/mol. The molecule has 4 heteroatoms. The van der Waals surface area contributed by atoms with Crippen LogP contribution in [0.25, 0.3) is 0 Å². The third-order valence-electron chi connectivity index (χ3n) is 2.82. The van der Waals surface area contributed by atoms with Crippen LogP contribution in [0.15, 0.2) is 41.8 Å². The van der Waals surface area contributed by atoms with Crippen molar-refractivity contribution in [3.8, 4) is 0 Å². The molecule has 0 saturated heterocycles. The van der Waals surface area contributed by atoms with Gasteiger partial charge < -0.3 is 5.32 Å². The lowest BCUT2D eigenvalue weighted by Crippen LogP contribution is -2.32. The molecule has 1 amide bonds. The molecule has 1 aliphatic heterocycles. The van der Waals surface area contributed by atoms with Gasteiger partial charge in [-0.25, -0.2) is 0 Å². The van der Waals surface area contributed by atoms with E-state index < -0.39 is 5.92 Å². The summed E-state index contributed by atoms with van der Waals surface area (Å²) in [5.41, 5.74) is 1.36. The highest BCUT2D eigenvalue weighted by atomic mass is 32.1. The summed E-state index contributed by atoms with van der Waals surface area (Å²) in [5, 5.41) is 5.25. The van der Waals surface area contributed by atoms with Crippen LogP contribution in [0.1, 0.15) is 21.8 Å². The Hall–Kier alpha value is -1.94. The first-order valence-corrected chi connectivity index (χ1v) is 6.13.